The van der Waals surface area contributed by atoms with Crippen molar-refractivity contribution in [1.29, 1.82) is 0 Å². The van der Waals surface area contributed by atoms with Crippen LogP contribution in [0.3, 0.4) is 0 Å². The Hall–Kier alpha value is -2.63. The quantitative estimate of drug-likeness (QED) is 0.666. The Kier molecular flexibility index (Phi) is 4.93. The zero-order valence-electron chi connectivity index (χ0n) is 12.6. The third-order valence-electron chi connectivity index (χ3n) is 3.35. The molecule has 1 fully saturated rings. The lowest BCUT2D eigenvalue weighted by atomic mass is 10.1. The highest BCUT2D eigenvalue weighted by Crippen LogP contribution is 2.17. The largest absolute Gasteiger partial charge is 0.497 e. The second kappa shape index (κ2) is 6.89. The molecule has 0 unspecified atom stereocenters. The summed E-state index contributed by atoms with van der Waals surface area (Å²) in [5.74, 6) is -0.544. The summed E-state index contributed by atoms with van der Waals surface area (Å²) >= 11 is 0. The summed E-state index contributed by atoms with van der Waals surface area (Å²) in [4.78, 5) is 37.0. The lowest BCUT2D eigenvalue weighted by molar-refractivity contribution is -0.130. The molecule has 0 bridgehead atoms. The minimum atomic E-state index is -0.668. The Balaban J connectivity index is 2.26. The third kappa shape index (κ3) is 3.33. The van der Waals surface area contributed by atoms with Crippen molar-refractivity contribution in [3.05, 3.63) is 35.4 Å². The summed E-state index contributed by atoms with van der Waals surface area (Å²) in [6.07, 6.45) is 3.02. The number of amides is 4. The molecule has 1 aliphatic heterocycles. The van der Waals surface area contributed by atoms with Gasteiger partial charge in [-0.3, -0.25) is 19.8 Å². The standard InChI is InChI=1S/C16H18N2O4/c1-3-4-9-18-15(20)13(14(19)17-16(18)21)10-11-5-7-12(22-2)8-6-11/h5-8,10H,3-4,9H2,1-2H3,(H,17,19,21)/b13-10+. The molecular weight excluding hydrogens is 284 g/mol. The van der Waals surface area contributed by atoms with E-state index in [0.29, 0.717) is 24.3 Å². The first kappa shape index (κ1) is 15.8. The maximum Gasteiger partial charge on any atom is 0.331 e. The van der Waals surface area contributed by atoms with Gasteiger partial charge in [-0.15, -0.1) is 0 Å². The van der Waals surface area contributed by atoms with Crippen LogP contribution in [0.15, 0.2) is 29.8 Å². The van der Waals surface area contributed by atoms with Gasteiger partial charge in [-0.05, 0) is 30.2 Å². The fraction of sp³-hybridized carbons (Fsp3) is 0.312. The van der Waals surface area contributed by atoms with Gasteiger partial charge < -0.3 is 4.74 Å². The molecule has 0 aliphatic carbocycles. The van der Waals surface area contributed by atoms with Crippen LogP contribution in [0.1, 0.15) is 25.3 Å². The number of rotatable bonds is 5. The Morgan fingerprint density at radius 3 is 2.45 bits per heavy atom. The molecule has 0 aromatic heterocycles. The molecule has 6 nitrogen and oxygen atoms in total. The Morgan fingerprint density at radius 2 is 1.86 bits per heavy atom. The van der Waals surface area contributed by atoms with Crippen molar-refractivity contribution < 1.29 is 19.1 Å². The highest BCUT2D eigenvalue weighted by molar-refractivity contribution is 6.30. The maximum absolute atomic E-state index is 12.3. The van der Waals surface area contributed by atoms with Crippen LogP contribution in [0, 0.1) is 0 Å². The molecule has 6 heteroatoms. The molecular formula is C16H18N2O4. The number of nitrogens with one attached hydrogen (secondary N) is 1. The molecule has 116 valence electrons. The van der Waals surface area contributed by atoms with Crippen molar-refractivity contribution >= 4 is 23.9 Å². The first-order valence-corrected chi connectivity index (χ1v) is 7.09. The molecule has 1 aliphatic rings. The molecule has 1 aromatic rings. The fourth-order valence-corrected chi connectivity index (χ4v) is 2.08. The number of unbranched alkanes of at least 4 members (excludes halogenated alkanes) is 1. The topological polar surface area (TPSA) is 75.7 Å². The summed E-state index contributed by atoms with van der Waals surface area (Å²) in [6.45, 7) is 2.26. The second-order valence-corrected chi connectivity index (χ2v) is 4.90. The van der Waals surface area contributed by atoms with Crippen molar-refractivity contribution in [2.75, 3.05) is 13.7 Å². The third-order valence-corrected chi connectivity index (χ3v) is 3.35. The smallest absolute Gasteiger partial charge is 0.331 e. The lowest BCUT2D eigenvalue weighted by Gasteiger charge is -2.26. The lowest BCUT2D eigenvalue weighted by Crippen LogP contribution is -2.54. The van der Waals surface area contributed by atoms with E-state index in [-0.39, 0.29) is 5.57 Å². The minimum Gasteiger partial charge on any atom is -0.497 e. The number of carbonyl (C=O) groups excluding carboxylic acids is 3. The van der Waals surface area contributed by atoms with Crippen molar-refractivity contribution in [2.45, 2.75) is 19.8 Å². The van der Waals surface area contributed by atoms with Gasteiger partial charge in [-0.2, -0.15) is 0 Å². The number of imide groups is 2. The average molecular weight is 302 g/mol. The highest BCUT2D eigenvalue weighted by atomic mass is 16.5. The van der Waals surface area contributed by atoms with Crippen LogP contribution in [0.25, 0.3) is 6.08 Å². The molecule has 1 saturated heterocycles. The molecule has 1 N–H and O–H groups in total. The van der Waals surface area contributed by atoms with Crippen LogP contribution in [0.2, 0.25) is 0 Å². The second-order valence-electron chi connectivity index (χ2n) is 4.90. The Labute approximate surface area is 128 Å². The molecule has 0 spiro atoms. The Bertz CT molecular complexity index is 620. The monoisotopic (exact) mass is 302 g/mol. The van der Waals surface area contributed by atoms with Gasteiger partial charge in [-0.25, -0.2) is 4.79 Å². The number of carbonyl (C=O) groups is 3. The van der Waals surface area contributed by atoms with E-state index in [1.54, 1.807) is 31.4 Å². The molecule has 22 heavy (non-hydrogen) atoms. The van der Waals surface area contributed by atoms with E-state index in [4.69, 9.17) is 4.74 Å². The van der Waals surface area contributed by atoms with Crippen molar-refractivity contribution in [3.8, 4) is 5.75 Å². The molecule has 0 saturated carbocycles. The highest BCUT2D eigenvalue weighted by Gasteiger charge is 2.35. The number of hydrogen-bond donors (Lipinski definition) is 1. The number of urea groups is 1. The predicted molar refractivity (Wildman–Crippen MR) is 81.1 cm³/mol. The average Bonchev–Trinajstić information content (AvgIpc) is 2.52. The van der Waals surface area contributed by atoms with Gasteiger partial charge in [-0.1, -0.05) is 25.5 Å². The van der Waals surface area contributed by atoms with E-state index in [1.165, 1.54) is 6.08 Å². The van der Waals surface area contributed by atoms with Crippen LogP contribution >= 0.6 is 0 Å². The van der Waals surface area contributed by atoms with Gasteiger partial charge in [0.2, 0.25) is 0 Å². The van der Waals surface area contributed by atoms with E-state index in [2.05, 4.69) is 5.32 Å². The molecule has 1 heterocycles. The first-order valence-electron chi connectivity index (χ1n) is 7.09. The van der Waals surface area contributed by atoms with Gasteiger partial charge in [0.05, 0.1) is 7.11 Å². The van der Waals surface area contributed by atoms with Gasteiger partial charge in [0, 0.05) is 6.54 Å². The fourth-order valence-electron chi connectivity index (χ4n) is 2.08. The zero-order chi connectivity index (χ0) is 16.1. The number of hydrogen-bond acceptors (Lipinski definition) is 4. The first-order chi connectivity index (χ1) is 10.6. The van der Waals surface area contributed by atoms with Crippen molar-refractivity contribution in [1.82, 2.24) is 10.2 Å². The van der Waals surface area contributed by atoms with Gasteiger partial charge in [0.15, 0.2) is 0 Å². The van der Waals surface area contributed by atoms with Gasteiger partial charge >= 0.3 is 6.03 Å². The number of benzene rings is 1. The molecule has 0 radical (unpaired) electrons. The molecule has 1 aromatic carbocycles. The Morgan fingerprint density at radius 1 is 1.18 bits per heavy atom. The summed E-state index contributed by atoms with van der Waals surface area (Å²) in [5, 5.41) is 2.20. The zero-order valence-corrected chi connectivity index (χ0v) is 12.6. The van der Waals surface area contributed by atoms with E-state index in [9.17, 15) is 14.4 Å². The van der Waals surface area contributed by atoms with Crippen LogP contribution < -0.4 is 10.1 Å². The van der Waals surface area contributed by atoms with E-state index in [0.717, 1.165) is 11.3 Å². The van der Waals surface area contributed by atoms with Crippen LogP contribution in [-0.4, -0.2) is 36.4 Å². The summed E-state index contributed by atoms with van der Waals surface area (Å²) in [6, 6.07) is 6.28. The van der Waals surface area contributed by atoms with Crippen LogP contribution in [0.5, 0.6) is 5.75 Å². The summed E-state index contributed by atoms with van der Waals surface area (Å²) in [7, 11) is 1.56. The summed E-state index contributed by atoms with van der Waals surface area (Å²) in [5.41, 5.74) is 0.643. The van der Waals surface area contributed by atoms with E-state index < -0.39 is 17.8 Å². The summed E-state index contributed by atoms with van der Waals surface area (Å²) < 4.78 is 5.06. The van der Waals surface area contributed by atoms with E-state index >= 15 is 0 Å². The van der Waals surface area contributed by atoms with Crippen molar-refractivity contribution in [3.63, 3.8) is 0 Å². The molecule has 0 atom stereocenters. The van der Waals surface area contributed by atoms with Gasteiger partial charge in [0.25, 0.3) is 11.8 Å². The number of ether oxygens (including phenoxy) is 1. The van der Waals surface area contributed by atoms with Crippen LogP contribution in [0.4, 0.5) is 4.79 Å². The normalized spacial score (nSPS) is 16.9. The minimum absolute atomic E-state index is 0.0409. The SMILES string of the molecule is CCCCN1C(=O)NC(=O)/C(=C\c2ccc(OC)cc2)C1=O. The molecule has 2 rings (SSSR count). The predicted octanol–water partition coefficient (Wildman–Crippen LogP) is 1.96. The van der Waals surface area contributed by atoms with E-state index in [1.807, 2.05) is 6.92 Å². The van der Waals surface area contributed by atoms with Crippen LogP contribution in [-0.2, 0) is 9.59 Å². The number of nitrogens with zero attached hydrogens (tertiary/aromatic N) is 1. The molecule has 4 amide bonds. The number of barbiturate groups is 1. The maximum atomic E-state index is 12.3. The van der Waals surface area contributed by atoms with Crippen molar-refractivity contribution in [2.24, 2.45) is 0 Å². The van der Waals surface area contributed by atoms with Gasteiger partial charge in [0.1, 0.15) is 11.3 Å². The number of methoxy groups -OCH3 is 1.